The summed E-state index contributed by atoms with van der Waals surface area (Å²) in [6, 6.07) is 45.2. The molecule has 11 rings (SSSR count). The lowest BCUT2D eigenvalue weighted by Crippen LogP contribution is -2.37. The number of hydrogen-bond acceptors (Lipinski definition) is 4. The van der Waals surface area contributed by atoms with Gasteiger partial charge in [0.2, 0.25) is 0 Å². The van der Waals surface area contributed by atoms with Gasteiger partial charge in [-0.15, -0.1) is 0 Å². The highest BCUT2D eigenvalue weighted by molar-refractivity contribution is 5.98. The number of rotatable bonds is 3. The Bertz CT molecular complexity index is 2670. The molecule has 3 unspecified atom stereocenters. The number of hydrogen-bond donors (Lipinski definition) is 0. The minimum absolute atomic E-state index is 0.181. The normalized spacial score (nSPS) is 20.1. The third kappa shape index (κ3) is 4.05. The molecule has 4 aliphatic rings. The molecule has 1 aromatic heterocycles. The van der Waals surface area contributed by atoms with E-state index in [-0.39, 0.29) is 11.8 Å². The fourth-order valence-corrected chi connectivity index (χ4v) is 9.19. The first kappa shape index (κ1) is 28.4. The summed E-state index contributed by atoms with van der Waals surface area (Å²) in [6.07, 6.45) is 14.5. The minimum Gasteiger partial charge on any atom is -0.456 e. The minimum atomic E-state index is -0.453. The van der Waals surface area contributed by atoms with Crippen molar-refractivity contribution >= 4 is 16.8 Å². The van der Waals surface area contributed by atoms with Gasteiger partial charge in [-0.3, -0.25) is 0 Å². The fourth-order valence-electron chi connectivity index (χ4n) is 9.19. The summed E-state index contributed by atoms with van der Waals surface area (Å²) in [5.74, 6) is 3.95. The van der Waals surface area contributed by atoms with E-state index < -0.39 is 5.41 Å². The molecule has 3 atom stereocenters. The highest BCUT2D eigenvalue weighted by Gasteiger charge is 2.56. The molecule has 4 heteroatoms. The summed E-state index contributed by atoms with van der Waals surface area (Å²) in [4.78, 5) is 15.6. The van der Waals surface area contributed by atoms with Crippen LogP contribution in [0.25, 0.3) is 51.0 Å². The van der Waals surface area contributed by atoms with E-state index in [9.17, 15) is 0 Å². The highest BCUT2D eigenvalue weighted by atomic mass is 16.5. The Morgan fingerprint density at radius 1 is 0.608 bits per heavy atom. The third-order valence-electron chi connectivity index (χ3n) is 11.2. The summed E-state index contributed by atoms with van der Waals surface area (Å²) in [7, 11) is 0. The molecule has 2 heterocycles. The van der Waals surface area contributed by atoms with Gasteiger partial charge in [-0.2, -0.15) is 0 Å². The average Bonchev–Trinajstić information content (AvgIpc) is 3.49. The van der Waals surface area contributed by atoms with E-state index in [1.165, 1.54) is 38.6 Å². The number of allylic oxidation sites excluding steroid dienone is 5. The topological polar surface area (TPSA) is 47.9 Å². The Morgan fingerprint density at radius 2 is 1.35 bits per heavy atom. The van der Waals surface area contributed by atoms with Gasteiger partial charge in [-0.25, -0.2) is 15.0 Å². The molecule has 0 radical (unpaired) electrons. The van der Waals surface area contributed by atoms with Gasteiger partial charge in [-0.1, -0.05) is 140 Å². The standard InChI is InChI=1S/C47H31N3O/c1-2-13-30(14-3-1)44-48-45(33-27-31-17-10-15-29-16-11-18-32(28-33)42(29)31)50-46(49-44)36-21-12-25-40-43(36)51-41-26-9-8-24-39(41)47(40)37-22-6-4-19-34(37)35-20-5-7-23-38(35)47/h1-15,17-28,34,37H,16H2. The number of aromatic nitrogens is 3. The fraction of sp³-hybridized carbons (Fsp3) is 0.0851. The van der Waals surface area contributed by atoms with Crippen LogP contribution in [0.2, 0.25) is 0 Å². The smallest absolute Gasteiger partial charge is 0.167 e. The summed E-state index contributed by atoms with van der Waals surface area (Å²) >= 11 is 0. The molecular formula is C47H31N3O. The van der Waals surface area contributed by atoms with E-state index in [0.717, 1.165) is 40.2 Å². The molecule has 7 aromatic rings. The average molecular weight is 654 g/mol. The van der Waals surface area contributed by atoms with Crippen molar-refractivity contribution in [1.29, 1.82) is 0 Å². The zero-order valence-electron chi connectivity index (χ0n) is 27.7. The molecule has 0 bridgehead atoms. The maximum Gasteiger partial charge on any atom is 0.167 e. The molecule has 6 aromatic carbocycles. The monoisotopic (exact) mass is 653 g/mol. The summed E-state index contributed by atoms with van der Waals surface area (Å²) < 4.78 is 7.00. The molecule has 0 amide bonds. The van der Waals surface area contributed by atoms with Crippen molar-refractivity contribution in [3.8, 4) is 45.7 Å². The number of para-hydroxylation sites is 2. The predicted octanol–water partition coefficient (Wildman–Crippen LogP) is 10.9. The second-order valence-electron chi connectivity index (χ2n) is 13.9. The van der Waals surface area contributed by atoms with E-state index in [2.05, 4.69) is 146 Å². The Balaban J connectivity index is 1.18. The zero-order valence-corrected chi connectivity index (χ0v) is 27.7. The van der Waals surface area contributed by atoms with Gasteiger partial charge in [0, 0.05) is 34.1 Å². The number of ether oxygens (including phenoxy) is 1. The van der Waals surface area contributed by atoms with E-state index in [1.54, 1.807) is 0 Å². The first-order valence-corrected chi connectivity index (χ1v) is 17.7. The van der Waals surface area contributed by atoms with E-state index in [4.69, 9.17) is 19.7 Å². The maximum absolute atomic E-state index is 7.00. The summed E-state index contributed by atoms with van der Waals surface area (Å²) in [6.45, 7) is 0. The van der Waals surface area contributed by atoms with Crippen molar-refractivity contribution in [2.45, 2.75) is 17.8 Å². The highest BCUT2D eigenvalue weighted by Crippen LogP contribution is 2.65. The molecule has 0 saturated carbocycles. The van der Waals surface area contributed by atoms with Crippen LogP contribution in [-0.2, 0) is 11.8 Å². The van der Waals surface area contributed by atoms with Crippen LogP contribution in [0.3, 0.4) is 0 Å². The SMILES string of the molecule is C1=CC2c3ccccc3C3(c4ccccc4Oc4c(-c5nc(-c6ccccc6)nc(-c6cc7c8c(cccc8c6)CC=C7)n5)cccc43)C2C=C1. The Labute approximate surface area is 296 Å². The van der Waals surface area contributed by atoms with E-state index in [1.807, 2.05) is 18.2 Å². The lowest BCUT2D eigenvalue weighted by Gasteiger charge is -2.43. The summed E-state index contributed by atoms with van der Waals surface area (Å²) in [5.41, 5.74) is 9.84. The molecule has 1 aliphatic heterocycles. The van der Waals surface area contributed by atoms with Crippen molar-refractivity contribution in [3.05, 3.63) is 191 Å². The zero-order chi connectivity index (χ0) is 33.5. The van der Waals surface area contributed by atoms with Crippen LogP contribution in [-0.4, -0.2) is 15.0 Å². The third-order valence-corrected chi connectivity index (χ3v) is 11.2. The molecular weight excluding hydrogens is 623 g/mol. The van der Waals surface area contributed by atoms with Crippen LogP contribution in [0.4, 0.5) is 0 Å². The summed E-state index contributed by atoms with van der Waals surface area (Å²) in [5, 5.41) is 2.49. The van der Waals surface area contributed by atoms with Crippen molar-refractivity contribution in [3.63, 3.8) is 0 Å². The molecule has 1 spiro atoms. The van der Waals surface area contributed by atoms with E-state index >= 15 is 0 Å². The predicted molar refractivity (Wildman–Crippen MR) is 204 cm³/mol. The van der Waals surface area contributed by atoms with Crippen molar-refractivity contribution < 1.29 is 4.74 Å². The number of nitrogens with zero attached hydrogens (tertiary/aromatic N) is 3. The Morgan fingerprint density at radius 3 is 2.27 bits per heavy atom. The Hall–Kier alpha value is -6.39. The molecule has 240 valence electrons. The van der Waals surface area contributed by atoms with Gasteiger partial charge in [-0.05, 0) is 63.7 Å². The lowest BCUT2D eigenvalue weighted by atomic mass is 9.61. The molecule has 4 nitrogen and oxygen atoms in total. The van der Waals surface area contributed by atoms with Gasteiger partial charge >= 0.3 is 0 Å². The van der Waals surface area contributed by atoms with Crippen LogP contribution in [0, 0.1) is 5.92 Å². The first-order chi connectivity index (χ1) is 25.3. The van der Waals surface area contributed by atoms with Gasteiger partial charge in [0.15, 0.2) is 17.5 Å². The van der Waals surface area contributed by atoms with E-state index in [0.29, 0.717) is 17.5 Å². The van der Waals surface area contributed by atoms with Gasteiger partial charge < -0.3 is 4.74 Å². The van der Waals surface area contributed by atoms with Crippen LogP contribution in [0.15, 0.2) is 158 Å². The Kier molecular flexibility index (Phi) is 6.03. The largest absolute Gasteiger partial charge is 0.456 e. The van der Waals surface area contributed by atoms with Crippen LogP contribution in [0.1, 0.15) is 39.3 Å². The molecule has 0 fully saturated rings. The van der Waals surface area contributed by atoms with Crippen LogP contribution >= 0.6 is 0 Å². The van der Waals surface area contributed by atoms with Crippen LogP contribution in [0.5, 0.6) is 11.5 Å². The van der Waals surface area contributed by atoms with Crippen molar-refractivity contribution in [2.75, 3.05) is 0 Å². The molecule has 51 heavy (non-hydrogen) atoms. The number of benzene rings is 6. The van der Waals surface area contributed by atoms with Gasteiger partial charge in [0.1, 0.15) is 11.5 Å². The molecule has 0 saturated heterocycles. The first-order valence-electron chi connectivity index (χ1n) is 17.7. The quantitative estimate of drug-likeness (QED) is 0.190. The second-order valence-corrected chi connectivity index (χ2v) is 13.9. The van der Waals surface area contributed by atoms with Crippen molar-refractivity contribution in [1.82, 2.24) is 15.0 Å². The van der Waals surface area contributed by atoms with Crippen LogP contribution < -0.4 is 4.74 Å². The maximum atomic E-state index is 7.00. The number of fused-ring (bicyclic) bond motifs is 9. The van der Waals surface area contributed by atoms with Gasteiger partial charge in [0.25, 0.3) is 0 Å². The van der Waals surface area contributed by atoms with Crippen molar-refractivity contribution in [2.24, 2.45) is 5.92 Å². The molecule has 3 aliphatic carbocycles. The van der Waals surface area contributed by atoms with Gasteiger partial charge in [0.05, 0.1) is 11.0 Å². The lowest BCUT2D eigenvalue weighted by molar-refractivity contribution is 0.375. The second kappa shape index (κ2) is 10.8. The molecule has 0 N–H and O–H groups in total.